The molecule has 0 rings (SSSR count). The molecule has 0 amide bonds. The number of hydrogen-bond acceptors (Lipinski definition) is 3. The predicted molar refractivity (Wildman–Crippen MR) is 47.3 cm³/mol. The van der Waals surface area contributed by atoms with Crippen molar-refractivity contribution in [2.45, 2.75) is 26.7 Å². The van der Waals surface area contributed by atoms with Crippen LogP contribution < -0.4 is 0 Å². The molecule has 0 bridgehead atoms. The van der Waals surface area contributed by atoms with Crippen molar-refractivity contribution >= 4 is 11.9 Å². The maximum absolute atomic E-state index is 11.1. The van der Waals surface area contributed by atoms with E-state index < -0.39 is 11.9 Å². The number of carbonyl (C=O) groups is 2. The molecule has 0 aliphatic carbocycles. The lowest BCUT2D eigenvalue weighted by Crippen LogP contribution is -2.11. The molecule has 0 saturated heterocycles. The molecular weight excluding hydrogens is 172 g/mol. The Hall–Kier alpha value is -1.32. The van der Waals surface area contributed by atoms with Gasteiger partial charge in [0.15, 0.2) is 0 Å². The molecule has 13 heavy (non-hydrogen) atoms. The van der Waals surface area contributed by atoms with Crippen LogP contribution in [0, 0.1) is 0 Å². The minimum absolute atomic E-state index is 0.248. The number of methoxy groups -OCH3 is 1. The Kier molecular flexibility index (Phi) is 4.80. The van der Waals surface area contributed by atoms with Gasteiger partial charge in [-0.3, -0.25) is 4.79 Å². The molecule has 0 atom stereocenters. The van der Waals surface area contributed by atoms with E-state index in [1.54, 1.807) is 6.92 Å². The van der Waals surface area contributed by atoms with Crippen molar-refractivity contribution in [3.8, 4) is 0 Å². The molecule has 0 fully saturated rings. The van der Waals surface area contributed by atoms with Crippen molar-refractivity contribution < 1.29 is 19.4 Å². The Bertz CT molecular complexity index is 240. The van der Waals surface area contributed by atoms with Crippen molar-refractivity contribution in [2.75, 3.05) is 7.11 Å². The number of rotatable bonds is 4. The van der Waals surface area contributed by atoms with Crippen LogP contribution in [-0.4, -0.2) is 24.2 Å². The van der Waals surface area contributed by atoms with Crippen LogP contribution in [0.3, 0.4) is 0 Å². The van der Waals surface area contributed by atoms with Crippen LogP contribution in [0.15, 0.2) is 11.1 Å². The highest BCUT2D eigenvalue weighted by molar-refractivity contribution is 5.94. The lowest BCUT2D eigenvalue weighted by molar-refractivity contribution is -0.141. The molecule has 0 spiro atoms. The number of ether oxygens (including phenoxy) is 1. The molecule has 0 aliphatic heterocycles. The number of carboxylic acid groups (broad SMARTS) is 1. The Morgan fingerprint density at radius 1 is 1.38 bits per heavy atom. The van der Waals surface area contributed by atoms with E-state index in [4.69, 9.17) is 5.11 Å². The maximum atomic E-state index is 11.1. The van der Waals surface area contributed by atoms with Crippen LogP contribution in [0.25, 0.3) is 0 Å². The molecule has 4 heteroatoms. The summed E-state index contributed by atoms with van der Waals surface area (Å²) >= 11 is 0. The van der Waals surface area contributed by atoms with Crippen molar-refractivity contribution in [2.24, 2.45) is 0 Å². The summed E-state index contributed by atoms with van der Waals surface area (Å²) in [6, 6.07) is 0. The standard InChI is InChI=1S/C9H14O4/c1-4-6(2)7(5-8(10)11)9(12)13-3/h4-5H2,1-3H3,(H,10,11)/b7-6-. The normalized spacial score (nSPS) is 11.9. The lowest BCUT2D eigenvalue weighted by Gasteiger charge is -2.06. The number of aliphatic carboxylic acids is 1. The zero-order valence-electron chi connectivity index (χ0n) is 8.09. The maximum Gasteiger partial charge on any atom is 0.334 e. The second kappa shape index (κ2) is 5.35. The van der Waals surface area contributed by atoms with Gasteiger partial charge in [-0.15, -0.1) is 0 Å². The van der Waals surface area contributed by atoms with Gasteiger partial charge in [-0.1, -0.05) is 12.5 Å². The average Bonchev–Trinajstić information content (AvgIpc) is 2.11. The summed E-state index contributed by atoms with van der Waals surface area (Å²) in [7, 11) is 1.24. The Balaban J connectivity index is 4.75. The third kappa shape index (κ3) is 3.73. The Morgan fingerprint density at radius 2 is 1.92 bits per heavy atom. The van der Waals surface area contributed by atoms with Gasteiger partial charge >= 0.3 is 11.9 Å². The molecular formula is C9H14O4. The van der Waals surface area contributed by atoms with Crippen LogP contribution in [-0.2, 0) is 14.3 Å². The van der Waals surface area contributed by atoms with Gasteiger partial charge in [-0.05, 0) is 13.3 Å². The lowest BCUT2D eigenvalue weighted by atomic mass is 10.0. The van der Waals surface area contributed by atoms with Crippen LogP contribution in [0.5, 0.6) is 0 Å². The molecule has 74 valence electrons. The van der Waals surface area contributed by atoms with Crippen molar-refractivity contribution in [1.82, 2.24) is 0 Å². The summed E-state index contributed by atoms with van der Waals surface area (Å²) in [5.74, 6) is -1.57. The van der Waals surface area contributed by atoms with Gasteiger partial charge in [0, 0.05) is 5.57 Å². The molecule has 0 aliphatic rings. The zero-order valence-corrected chi connectivity index (χ0v) is 8.09. The highest BCUT2D eigenvalue weighted by Gasteiger charge is 2.15. The SMILES string of the molecule is CC/C(C)=C(/CC(=O)O)C(=O)OC. The second-order valence-electron chi connectivity index (χ2n) is 2.67. The third-order valence-corrected chi connectivity index (χ3v) is 1.81. The zero-order chi connectivity index (χ0) is 10.4. The van der Waals surface area contributed by atoms with Gasteiger partial charge in [0.25, 0.3) is 0 Å². The van der Waals surface area contributed by atoms with E-state index in [1.165, 1.54) is 7.11 Å². The number of allylic oxidation sites excluding steroid dienone is 1. The molecule has 4 nitrogen and oxygen atoms in total. The number of hydrogen-bond donors (Lipinski definition) is 1. The highest BCUT2D eigenvalue weighted by Crippen LogP contribution is 2.13. The van der Waals surface area contributed by atoms with Crippen molar-refractivity contribution in [1.29, 1.82) is 0 Å². The summed E-state index contributed by atoms with van der Waals surface area (Å²) < 4.78 is 4.48. The van der Waals surface area contributed by atoms with Gasteiger partial charge in [0.2, 0.25) is 0 Å². The minimum Gasteiger partial charge on any atom is -0.481 e. The minimum atomic E-state index is -1.02. The molecule has 0 aromatic heterocycles. The van der Waals surface area contributed by atoms with Crippen LogP contribution in [0.4, 0.5) is 0 Å². The summed E-state index contributed by atoms with van der Waals surface area (Å²) in [5.41, 5.74) is 1.01. The molecule has 0 heterocycles. The topological polar surface area (TPSA) is 63.6 Å². The summed E-state index contributed by atoms with van der Waals surface area (Å²) in [6.07, 6.45) is 0.379. The van der Waals surface area contributed by atoms with Gasteiger partial charge < -0.3 is 9.84 Å². The number of esters is 1. The molecule has 1 N–H and O–H groups in total. The van der Waals surface area contributed by atoms with E-state index in [-0.39, 0.29) is 12.0 Å². The third-order valence-electron chi connectivity index (χ3n) is 1.81. The van der Waals surface area contributed by atoms with Crippen LogP contribution in [0.1, 0.15) is 26.7 Å². The highest BCUT2D eigenvalue weighted by atomic mass is 16.5. The molecule has 0 radical (unpaired) electrons. The second-order valence-corrected chi connectivity index (χ2v) is 2.67. The average molecular weight is 186 g/mol. The quantitative estimate of drug-likeness (QED) is 0.532. The molecule has 0 aromatic rings. The first-order chi connectivity index (χ1) is 6.02. The molecule has 0 aromatic carbocycles. The smallest absolute Gasteiger partial charge is 0.334 e. The molecule has 0 saturated carbocycles. The summed E-state index contributed by atoms with van der Waals surface area (Å²) in [6.45, 7) is 3.59. The van der Waals surface area contributed by atoms with E-state index in [9.17, 15) is 9.59 Å². The first-order valence-electron chi connectivity index (χ1n) is 4.01. The van der Waals surface area contributed by atoms with Gasteiger partial charge in [0.05, 0.1) is 13.5 Å². The van der Waals surface area contributed by atoms with E-state index in [2.05, 4.69) is 4.74 Å². The van der Waals surface area contributed by atoms with E-state index in [0.29, 0.717) is 6.42 Å². The Labute approximate surface area is 77.2 Å². The first kappa shape index (κ1) is 11.7. The van der Waals surface area contributed by atoms with E-state index in [1.807, 2.05) is 6.92 Å². The van der Waals surface area contributed by atoms with Crippen molar-refractivity contribution in [3.05, 3.63) is 11.1 Å². The van der Waals surface area contributed by atoms with E-state index in [0.717, 1.165) is 5.57 Å². The largest absolute Gasteiger partial charge is 0.481 e. The van der Waals surface area contributed by atoms with E-state index >= 15 is 0 Å². The summed E-state index contributed by atoms with van der Waals surface area (Å²) in [5, 5.41) is 8.53. The van der Waals surface area contributed by atoms with Crippen molar-refractivity contribution in [3.63, 3.8) is 0 Å². The van der Waals surface area contributed by atoms with Crippen LogP contribution in [0.2, 0.25) is 0 Å². The molecule has 0 unspecified atom stereocenters. The first-order valence-corrected chi connectivity index (χ1v) is 4.01. The fourth-order valence-corrected chi connectivity index (χ4v) is 0.885. The van der Waals surface area contributed by atoms with Gasteiger partial charge in [-0.2, -0.15) is 0 Å². The summed E-state index contributed by atoms with van der Waals surface area (Å²) in [4.78, 5) is 21.5. The fraction of sp³-hybridized carbons (Fsp3) is 0.556. The Morgan fingerprint density at radius 3 is 2.23 bits per heavy atom. The van der Waals surface area contributed by atoms with Gasteiger partial charge in [-0.25, -0.2) is 4.79 Å². The monoisotopic (exact) mass is 186 g/mol. The number of carboxylic acids is 1. The predicted octanol–water partition coefficient (Wildman–Crippen LogP) is 1.36. The fourth-order valence-electron chi connectivity index (χ4n) is 0.885. The van der Waals surface area contributed by atoms with Crippen LogP contribution >= 0.6 is 0 Å². The van der Waals surface area contributed by atoms with Gasteiger partial charge in [0.1, 0.15) is 0 Å². The number of carbonyl (C=O) groups excluding carboxylic acids is 1.